The van der Waals surface area contributed by atoms with E-state index in [-0.39, 0.29) is 17.7 Å². The molecule has 0 aliphatic rings. The van der Waals surface area contributed by atoms with Gasteiger partial charge in [-0.2, -0.15) is 0 Å². The number of aliphatic hydroxyl groups is 1. The van der Waals surface area contributed by atoms with Crippen LogP contribution in [0, 0.1) is 15.5 Å². The Morgan fingerprint density at radius 3 is 2.74 bits per heavy atom. The van der Waals surface area contributed by atoms with Crippen molar-refractivity contribution in [3.05, 3.63) is 38.9 Å². The summed E-state index contributed by atoms with van der Waals surface area (Å²) in [6.45, 7) is 5.41. The zero-order valence-corrected chi connectivity index (χ0v) is 11.9. The lowest BCUT2D eigenvalue weighted by Gasteiger charge is -2.24. The minimum absolute atomic E-state index is 0.0259. The molecule has 0 aliphatic heterocycles. The van der Waals surface area contributed by atoms with Crippen LogP contribution in [0.3, 0.4) is 0 Å². The second-order valence-electron chi connectivity index (χ2n) is 5.27. The first-order valence-electron chi connectivity index (χ1n) is 6.10. The summed E-state index contributed by atoms with van der Waals surface area (Å²) in [6, 6.07) is 4.41. The number of hydrogen-bond donors (Lipinski definition) is 2. The summed E-state index contributed by atoms with van der Waals surface area (Å²) in [5.41, 5.74) is 0.716. The zero-order valence-electron chi connectivity index (χ0n) is 11.1. The van der Waals surface area contributed by atoms with E-state index < -0.39 is 4.92 Å². The molecule has 0 unspecified atom stereocenters. The number of non-ortho nitro benzene ring substituents is 1. The highest BCUT2D eigenvalue weighted by Crippen LogP contribution is 2.23. The Balaban J connectivity index is 2.62. The van der Waals surface area contributed by atoms with Crippen LogP contribution in [0.2, 0.25) is 5.02 Å². The molecule has 0 heterocycles. The van der Waals surface area contributed by atoms with Crippen LogP contribution in [0.1, 0.15) is 25.8 Å². The second-order valence-corrected chi connectivity index (χ2v) is 5.68. The van der Waals surface area contributed by atoms with Gasteiger partial charge >= 0.3 is 0 Å². The normalized spacial score (nSPS) is 11.6. The van der Waals surface area contributed by atoms with Crippen LogP contribution in [0.15, 0.2) is 18.2 Å². The standard InChI is InChI=1S/C13H19ClN2O3/c1-13(2,5-6-17)9-15-8-10-7-11(16(18)19)3-4-12(10)14/h3-4,7,15,17H,5-6,8-9H2,1-2H3. The number of rotatable bonds is 7. The molecule has 1 rings (SSSR count). The van der Waals surface area contributed by atoms with Crippen LogP contribution in [-0.2, 0) is 6.54 Å². The first-order valence-corrected chi connectivity index (χ1v) is 6.48. The van der Waals surface area contributed by atoms with Gasteiger partial charge in [-0.3, -0.25) is 10.1 Å². The Bertz CT molecular complexity index is 450. The number of aliphatic hydroxyl groups excluding tert-OH is 1. The van der Waals surface area contributed by atoms with Crippen molar-refractivity contribution in [1.29, 1.82) is 0 Å². The highest BCUT2D eigenvalue weighted by atomic mass is 35.5. The van der Waals surface area contributed by atoms with Crippen molar-refractivity contribution in [3.63, 3.8) is 0 Å². The molecular formula is C13H19ClN2O3. The molecule has 6 heteroatoms. The molecule has 0 aliphatic carbocycles. The fourth-order valence-corrected chi connectivity index (χ4v) is 1.92. The van der Waals surface area contributed by atoms with E-state index in [1.807, 2.05) is 13.8 Å². The Labute approximate surface area is 117 Å². The monoisotopic (exact) mass is 286 g/mol. The number of nitrogens with one attached hydrogen (secondary N) is 1. The van der Waals surface area contributed by atoms with Gasteiger partial charge in [-0.25, -0.2) is 0 Å². The van der Waals surface area contributed by atoms with Crippen LogP contribution in [0.25, 0.3) is 0 Å². The first-order chi connectivity index (χ1) is 8.85. The third-order valence-electron chi connectivity index (χ3n) is 2.95. The summed E-state index contributed by atoms with van der Waals surface area (Å²) >= 11 is 6.01. The second kappa shape index (κ2) is 6.84. The van der Waals surface area contributed by atoms with Gasteiger partial charge in [-0.15, -0.1) is 0 Å². The van der Waals surface area contributed by atoms with Crippen LogP contribution < -0.4 is 5.32 Å². The maximum atomic E-state index is 10.7. The van der Waals surface area contributed by atoms with Gasteiger partial charge in [-0.05, 0) is 23.5 Å². The summed E-state index contributed by atoms with van der Waals surface area (Å²) in [7, 11) is 0. The van der Waals surface area contributed by atoms with Gasteiger partial charge in [0, 0.05) is 36.9 Å². The van der Waals surface area contributed by atoms with Gasteiger partial charge in [0.2, 0.25) is 0 Å². The van der Waals surface area contributed by atoms with Crippen LogP contribution in [0.4, 0.5) is 5.69 Å². The van der Waals surface area contributed by atoms with Crippen LogP contribution >= 0.6 is 11.6 Å². The molecule has 1 aromatic carbocycles. The Kier molecular flexibility index (Phi) is 5.72. The highest BCUT2D eigenvalue weighted by molar-refractivity contribution is 6.31. The Hall–Kier alpha value is -1.17. The maximum Gasteiger partial charge on any atom is 0.269 e. The van der Waals surface area contributed by atoms with E-state index in [4.69, 9.17) is 16.7 Å². The molecule has 0 atom stereocenters. The summed E-state index contributed by atoms with van der Waals surface area (Å²) in [5, 5.41) is 23.4. The van der Waals surface area contributed by atoms with Gasteiger partial charge in [-0.1, -0.05) is 25.4 Å². The van der Waals surface area contributed by atoms with Crippen molar-refractivity contribution in [3.8, 4) is 0 Å². The molecule has 0 saturated carbocycles. The summed E-state index contributed by atoms with van der Waals surface area (Å²) in [5.74, 6) is 0. The van der Waals surface area contributed by atoms with E-state index in [9.17, 15) is 10.1 Å². The first kappa shape index (κ1) is 15.9. The average Bonchev–Trinajstić information content (AvgIpc) is 2.30. The molecule has 0 spiro atoms. The van der Waals surface area contributed by atoms with Crippen molar-refractivity contribution >= 4 is 17.3 Å². The lowest BCUT2D eigenvalue weighted by Crippen LogP contribution is -2.30. The highest BCUT2D eigenvalue weighted by Gasteiger charge is 2.17. The number of benzene rings is 1. The van der Waals surface area contributed by atoms with Gasteiger partial charge in [0.1, 0.15) is 0 Å². The molecule has 0 amide bonds. The quantitative estimate of drug-likeness (QED) is 0.597. The van der Waals surface area contributed by atoms with Crippen molar-refractivity contribution in [1.82, 2.24) is 5.32 Å². The molecule has 19 heavy (non-hydrogen) atoms. The average molecular weight is 287 g/mol. The molecule has 0 bridgehead atoms. The predicted octanol–water partition coefficient (Wildman–Crippen LogP) is 2.75. The number of nitrogens with zero attached hydrogens (tertiary/aromatic N) is 1. The molecule has 1 aromatic rings. The van der Waals surface area contributed by atoms with E-state index in [2.05, 4.69) is 5.32 Å². The van der Waals surface area contributed by atoms with E-state index in [1.54, 1.807) is 0 Å². The minimum Gasteiger partial charge on any atom is -0.396 e. The largest absolute Gasteiger partial charge is 0.396 e. The van der Waals surface area contributed by atoms with Crippen molar-refractivity contribution in [2.45, 2.75) is 26.8 Å². The van der Waals surface area contributed by atoms with E-state index >= 15 is 0 Å². The third-order valence-corrected chi connectivity index (χ3v) is 3.32. The number of nitro groups is 1. The molecule has 0 radical (unpaired) electrons. The van der Waals surface area contributed by atoms with Crippen LogP contribution in [0.5, 0.6) is 0 Å². The van der Waals surface area contributed by atoms with Gasteiger partial charge in [0.05, 0.1) is 4.92 Å². The molecule has 0 saturated heterocycles. The maximum absolute atomic E-state index is 10.7. The zero-order chi connectivity index (χ0) is 14.5. The van der Waals surface area contributed by atoms with Crippen molar-refractivity contribution in [2.24, 2.45) is 5.41 Å². The molecule has 106 valence electrons. The minimum atomic E-state index is -0.435. The van der Waals surface area contributed by atoms with Gasteiger partial charge < -0.3 is 10.4 Å². The Morgan fingerprint density at radius 2 is 2.16 bits per heavy atom. The summed E-state index contributed by atoms with van der Waals surface area (Å²) < 4.78 is 0. The molecule has 0 fully saturated rings. The van der Waals surface area contributed by atoms with Gasteiger partial charge in [0.25, 0.3) is 5.69 Å². The lowest BCUT2D eigenvalue weighted by molar-refractivity contribution is -0.384. The van der Waals surface area contributed by atoms with E-state index in [0.29, 0.717) is 30.1 Å². The fourth-order valence-electron chi connectivity index (χ4n) is 1.74. The number of halogens is 1. The van der Waals surface area contributed by atoms with Crippen LogP contribution in [-0.4, -0.2) is 23.2 Å². The molecular weight excluding hydrogens is 268 g/mol. The van der Waals surface area contributed by atoms with Crippen molar-refractivity contribution in [2.75, 3.05) is 13.2 Å². The molecule has 0 aromatic heterocycles. The Morgan fingerprint density at radius 1 is 1.47 bits per heavy atom. The SMILES string of the molecule is CC(C)(CCO)CNCc1cc([N+](=O)[O-])ccc1Cl. The third kappa shape index (κ3) is 5.14. The lowest BCUT2D eigenvalue weighted by atomic mass is 9.90. The predicted molar refractivity (Wildman–Crippen MR) is 75.3 cm³/mol. The number of hydrogen-bond acceptors (Lipinski definition) is 4. The number of nitro benzene ring substituents is 1. The smallest absolute Gasteiger partial charge is 0.269 e. The molecule has 5 nitrogen and oxygen atoms in total. The van der Waals surface area contributed by atoms with Gasteiger partial charge in [0.15, 0.2) is 0 Å². The molecule has 2 N–H and O–H groups in total. The van der Waals surface area contributed by atoms with E-state index in [0.717, 1.165) is 0 Å². The van der Waals surface area contributed by atoms with Crippen molar-refractivity contribution < 1.29 is 10.0 Å². The fraction of sp³-hybridized carbons (Fsp3) is 0.538. The topological polar surface area (TPSA) is 75.4 Å². The summed E-state index contributed by atoms with van der Waals surface area (Å²) in [4.78, 5) is 10.3. The van der Waals surface area contributed by atoms with E-state index in [1.165, 1.54) is 18.2 Å². The summed E-state index contributed by atoms with van der Waals surface area (Å²) in [6.07, 6.45) is 0.697.